The molecule has 2 aromatic carbocycles. The van der Waals surface area contributed by atoms with E-state index in [2.05, 4.69) is 49.4 Å². The van der Waals surface area contributed by atoms with Crippen molar-refractivity contribution in [2.45, 2.75) is 45.4 Å². The van der Waals surface area contributed by atoms with Gasteiger partial charge in [-0.3, -0.25) is 4.79 Å². The molecule has 0 aromatic heterocycles. The minimum absolute atomic E-state index is 0.220. The summed E-state index contributed by atoms with van der Waals surface area (Å²) in [5.74, 6) is 1.72. The number of allylic oxidation sites excluding steroid dienone is 2. The highest BCUT2D eigenvalue weighted by Gasteiger charge is 2.51. The lowest BCUT2D eigenvalue weighted by Crippen LogP contribution is -2.35. The average Bonchev–Trinajstić information content (AvgIpc) is 3.14. The van der Waals surface area contributed by atoms with Crippen molar-refractivity contribution in [2.24, 2.45) is 17.3 Å². The molecule has 1 fully saturated rings. The Balaban J connectivity index is 1.60. The largest absolute Gasteiger partial charge is 0.294 e. The molecule has 0 N–H and O–H groups in total. The summed E-state index contributed by atoms with van der Waals surface area (Å²) in [6, 6.07) is 11.2. The summed E-state index contributed by atoms with van der Waals surface area (Å²) in [6.45, 7) is 2.22. The van der Waals surface area contributed by atoms with Crippen molar-refractivity contribution < 1.29 is 4.79 Å². The first-order valence-electron chi connectivity index (χ1n) is 9.44. The number of aryl methyl sites for hydroxylation is 1. The summed E-state index contributed by atoms with van der Waals surface area (Å²) in [4.78, 5) is 12.9. The molecule has 1 nitrogen and oxygen atoms in total. The van der Waals surface area contributed by atoms with Gasteiger partial charge in [-0.25, -0.2) is 0 Å². The topological polar surface area (TPSA) is 17.1 Å². The molecule has 3 aliphatic rings. The molecule has 0 aliphatic heterocycles. The molecule has 2 aromatic rings. The number of carbonyl (C=O) groups is 1. The van der Waals surface area contributed by atoms with Crippen molar-refractivity contribution in [3.63, 3.8) is 0 Å². The van der Waals surface area contributed by atoms with E-state index in [-0.39, 0.29) is 5.41 Å². The van der Waals surface area contributed by atoms with Crippen LogP contribution in [-0.4, -0.2) is 5.78 Å². The fraction of sp³-hybridized carbons (Fsp3) is 0.435. The molecular weight excluding hydrogens is 292 g/mol. The zero-order chi connectivity index (χ0) is 16.3. The van der Waals surface area contributed by atoms with Gasteiger partial charge in [0, 0.05) is 12.0 Å². The Kier molecular flexibility index (Phi) is 3.04. The highest BCUT2D eigenvalue weighted by molar-refractivity contribution is 6.03. The van der Waals surface area contributed by atoms with Gasteiger partial charge >= 0.3 is 0 Å². The third kappa shape index (κ3) is 2.03. The van der Waals surface area contributed by atoms with E-state index in [4.69, 9.17) is 0 Å². The van der Waals surface area contributed by atoms with Crippen molar-refractivity contribution in [3.8, 4) is 0 Å². The van der Waals surface area contributed by atoms with Gasteiger partial charge in [-0.15, -0.1) is 0 Å². The third-order valence-corrected chi connectivity index (χ3v) is 6.65. The summed E-state index contributed by atoms with van der Waals surface area (Å²) in [5, 5.41) is 2.52. The standard InChI is InChI=1S/C23H24O/c1-2-3-15-4-6-17-11-21-19(10-18(17)8-15)13-23(14-22(21)24)12-16-5-7-20(23)9-16/h4-8,10-11,16,20H,2-3,9,12-14H2,1H3. The molecule has 3 unspecified atom stereocenters. The predicted molar refractivity (Wildman–Crippen MR) is 98.4 cm³/mol. The first kappa shape index (κ1) is 14.5. The second-order valence-corrected chi connectivity index (χ2v) is 8.27. The Labute approximate surface area is 143 Å². The second kappa shape index (κ2) is 5.05. The van der Waals surface area contributed by atoms with Crippen LogP contribution in [0.1, 0.15) is 54.1 Å². The molecule has 1 heteroatoms. The van der Waals surface area contributed by atoms with Crippen LogP contribution in [-0.2, 0) is 12.8 Å². The molecule has 2 bridgehead atoms. The van der Waals surface area contributed by atoms with Crippen LogP contribution in [0.15, 0.2) is 42.5 Å². The van der Waals surface area contributed by atoms with Crippen LogP contribution in [0.25, 0.3) is 10.8 Å². The van der Waals surface area contributed by atoms with Crippen molar-refractivity contribution in [1.29, 1.82) is 0 Å². The van der Waals surface area contributed by atoms with Gasteiger partial charge in [0.05, 0.1) is 0 Å². The minimum Gasteiger partial charge on any atom is -0.294 e. The van der Waals surface area contributed by atoms with E-state index in [1.165, 1.54) is 41.2 Å². The zero-order valence-corrected chi connectivity index (χ0v) is 14.3. The number of Topliss-reactive ketones (excluding diaryl/α,β-unsaturated/α-hetero) is 1. The molecule has 1 spiro atoms. The fourth-order valence-electron chi connectivity index (χ4n) is 5.56. The molecule has 0 saturated heterocycles. The fourth-order valence-corrected chi connectivity index (χ4v) is 5.56. The highest BCUT2D eigenvalue weighted by Crippen LogP contribution is 2.57. The van der Waals surface area contributed by atoms with Gasteiger partial charge in [-0.1, -0.05) is 49.8 Å². The van der Waals surface area contributed by atoms with Gasteiger partial charge in [-0.2, -0.15) is 0 Å². The van der Waals surface area contributed by atoms with Crippen molar-refractivity contribution in [1.82, 2.24) is 0 Å². The minimum atomic E-state index is 0.220. The summed E-state index contributed by atoms with van der Waals surface area (Å²) >= 11 is 0. The van der Waals surface area contributed by atoms with E-state index in [9.17, 15) is 4.79 Å². The van der Waals surface area contributed by atoms with Crippen LogP contribution in [0, 0.1) is 17.3 Å². The van der Waals surface area contributed by atoms with Gasteiger partial charge in [0.25, 0.3) is 0 Å². The maximum atomic E-state index is 12.9. The number of hydrogen-bond donors (Lipinski definition) is 0. The number of hydrogen-bond acceptors (Lipinski definition) is 1. The smallest absolute Gasteiger partial charge is 0.163 e. The van der Waals surface area contributed by atoms with E-state index >= 15 is 0 Å². The number of fused-ring (bicyclic) bond motifs is 5. The molecular formula is C23H24O. The molecule has 5 rings (SSSR count). The number of rotatable bonds is 2. The quantitative estimate of drug-likeness (QED) is 0.668. The Hall–Kier alpha value is -1.89. The van der Waals surface area contributed by atoms with Crippen LogP contribution in [0.3, 0.4) is 0 Å². The average molecular weight is 316 g/mol. The van der Waals surface area contributed by atoms with Crippen molar-refractivity contribution in [2.75, 3.05) is 0 Å². The summed E-state index contributed by atoms with van der Waals surface area (Å²) in [5.41, 5.74) is 3.92. The van der Waals surface area contributed by atoms with Crippen molar-refractivity contribution >= 4 is 16.6 Å². The van der Waals surface area contributed by atoms with Crippen LogP contribution >= 0.6 is 0 Å². The first-order valence-corrected chi connectivity index (χ1v) is 9.44. The van der Waals surface area contributed by atoms with Crippen LogP contribution in [0.2, 0.25) is 0 Å². The van der Waals surface area contributed by atoms with Gasteiger partial charge in [-0.05, 0) is 70.9 Å². The third-order valence-electron chi connectivity index (χ3n) is 6.65. The molecule has 0 amide bonds. The van der Waals surface area contributed by atoms with Gasteiger partial charge in [0.2, 0.25) is 0 Å². The normalized spacial score (nSPS) is 30.5. The molecule has 3 atom stereocenters. The first-order chi connectivity index (χ1) is 11.7. The lowest BCUT2D eigenvalue weighted by atomic mass is 9.64. The molecule has 122 valence electrons. The summed E-state index contributed by atoms with van der Waals surface area (Å²) in [7, 11) is 0. The summed E-state index contributed by atoms with van der Waals surface area (Å²) in [6.07, 6.45) is 11.4. The molecule has 3 aliphatic carbocycles. The van der Waals surface area contributed by atoms with Crippen molar-refractivity contribution in [3.05, 3.63) is 59.2 Å². The highest BCUT2D eigenvalue weighted by atomic mass is 16.1. The van der Waals surface area contributed by atoms with Crippen LogP contribution in [0.4, 0.5) is 0 Å². The molecule has 0 heterocycles. The van der Waals surface area contributed by atoms with E-state index in [1.807, 2.05) is 0 Å². The maximum absolute atomic E-state index is 12.9. The van der Waals surface area contributed by atoms with Gasteiger partial charge in [0.1, 0.15) is 0 Å². The Morgan fingerprint density at radius 1 is 1.08 bits per heavy atom. The van der Waals surface area contributed by atoms with Gasteiger partial charge < -0.3 is 0 Å². The Morgan fingerprint density at radius 2 is 2.00 bits per heavy atom. The lowest BCUT2D eigenvalue weighted by molar-refractivity contribution is 0.0848. The Morgan fingerprint density at radius 3 is 2.75 bits per heavy atom. The number of carbonyl (C=O) groups excluding carboxylic acids is 1. The molecule has 1 saturated carbocycles. The summed E-state index contributed by atoms with van der Waals surface area (Å²) < 4.78 is 0. The maximum Gasteiger partial charge on any atom is 0.163 e. The van der Waals surface area contributed by atoms with Gasteiger partial charge in [0.15, 0.2) is 5.78 Å². The second-order valence-electron chi connectivity index (χ2n) is 8.27. The zero-order valence-electron chi connectivity index (χ0n) is 14.3. The van der Waals surface area contributed by atoms with E-state index < -0.39 is 0 Å². The molecule has 24 heavy (non-hydrogen) atoms. The number of benzene rings is 2. The monoisotopic (exact) mass is 316 g/mol. The van der Waals surface area contributed by atoms with Crippen LogP contribution < -0.4 is 0 Å². The van der Waals surface area contributed by atoms with E-state index in [0.717, 1.165) is 30.7 Å². The SMILES string of the molecule is CCCc1ccc2cc3c(cc2c1)CC1(CC3=O)CC2C=CC1C2. The van der Waals surface area contributed by atoms with Crippen LogP contribution in [0.5, 0.6) is 0 Å². The van der Waals surface area contributed by atoms with E-state index in [1.54, 1.807) is 0 Å². The molecule has 0 radical (unpaired) electrons. The predicted octanol–water partition coefficient (Wildman–Crippen LogP) is 5.50. The Bertz CT molecular complexity index is 875. The number of ketones is 1. The lowest BCUT2D eigenvalue weighted by Gasteiger charge is -2.39. The van der Waals surface area contributed by atoms with E-state index in [0.29, 0.717) is 11.7 Å².